The predicted octanol–water partition coefficient (Wildman–Crippen LogP) is 3.67. The molecule has 0 saturated heterocycles. The van der Waals surface area contributed by atoms with Crippen LogP contribution in [0, 0.1) is 0 Å². The molecule has 1 amide bonds. The molecule has 1 aromatic rings. The van der Waals surface area contributed by atoms with Gasteiger partial charge in [0, 0.05) is 17.8 Å². The van der Waals surface area contributed by atoms with E-state index < -0.39 is 0 Å². The van der Waals surface area contributed by atoms with Gasteiger partial charge < -0.3 is 16.4 Å². The maximum absolute atomic E-state index is 11.8. The molecular weight excluding hydrogens is 262 g/mol. The normalized spacial score (nSPS) is 18.0. The molecule has 0 saturated carbocycles. The summed E-state index contributed by atoms with van der Waals surface area (Å²) in [5.41, 5.74) is 9.42. The van der Waals surface area contributed by atoms with Crippen molar-refractivity contribution in [3.8, 4) is 0 Å². The van der Waals surface area contributed by atoms with Crippen molar-refractivity contribution >= 4 is 17.3 Å². The first kappa shape index (κ1) is 15.4. The number of amides is 1. The Bertz CT molecular complexity index is 523. The number of nitrogens with one attached hydrogen (secondary N) is 2. The molecule has 0 fully saturated rings. The van der Waals surface area contributed by atoms with Crippen molar-refractivity contribution in [1.29, 1.82) is 0 Å². The number of hydrogen-bond acceptors (Lipinski definition) is 3. The van der Waals surface area contributed by atoms with Gasteiger partial charge in [-0.1, -0.05) is 18.9 Å². The van der Waals surface area contributed by atoms with Gasteiger partial charge >= 0.3 is 0 Å². The lowest BCUT2D eigenvalue weighted by atomic mass is 10.0. The molecule has 0 atom stereocenters. The fraction of sp³-hybridized carbons (Fsp3) is 0.471. The highest BCUT2D eigenvalue weighted by Crippen LogP contribution is 2.24. The number of hydrogen-bond donors (Lipinski definition) is 3. The Kier molecular flexibility index (Phi) is 5.67. The van der Waals surface area contributed by atoms with Crippen molar-refractivity contribution in [2.24, 2.45) is 0 Å². The predicted molar refractivity (Wildman–Crippen MR) is 88.3 cm³/mol. The van der Waals surface area contributed by atoms with Gasteiger partial charge in [-0.3, -0.25) is 4.79 Å². The van der Waals surface area contributed by atoms with E-state index in [9.17, 15) is 4.79 Å². The van der Waals surface area contributed by atoms with E-state index in [1.165, 1.54) is 31.4 Å². The maximum atomic E-state index is 11.8. The molecule has 0 bridgehead atoms. The SMILES string of the molecule is CCNC(=O)c1ccc(N/C2=C/CCCCCC2)c(N)c1. The van der Waals surface area contributed by atoms with E-state index in [4.69, 9.17) is 5.73 Å². The fourth-order valence-corrected chi connectivity index (χ4v) is 2.56. The first-order valence-corrected chi connectivity index (χ1v) is 7.84. The first-order chi connectivity index (χ1) is 10.2. The Morgan fingerprint density at radius 3 is 2.81 bits per heavy atom. The van der Waals surface area contributed by atoms with E-state index in [0.717, 1.165) is 18.5 Å². The quantitative estimate of drug-likeness (QED) is 0.740. The fourth-order valence-electron chi connectivity index (χ4n) is 2.56. The summed E-state index contributed by atoms with van der Waals surface area (Å²) >= 11 is 0. The summed E-state index contributed by atoms with van der Waals surface area (Å²) in [4.78, 5) is 11.8. The third kappa shape index (κ3) is 4.52. The van der Waals surface area contributed by atoms with Crippen LogP contribution >= 0.6 is 0 Å². The number of carbonyl (C=O) groups is 1. The molecule has 4 nitrogen and oxygen atoms in total. The van der Waals surface area contributed by atoms with E-state index >= 15 is 0 Å². The lowest BCUT2D eigenvalue weighted by molar-refractivity contribution is 0.0956. The van der Waals surface area contributed by atoms with Crippen molar-refractivity contribution in [1.82, 2.24) is 5.32 Å². The topological polar surface area (TPSA) is 67.2 Å². The van der Waals surface area contributed by atoms with Gasteiger partial charge in [0.05, 0.1) is 11.4 Å². The summed E-state index contributed by atoms with van der Waals surface area (Å²) in [6.07, 6.45) is 9.57. The summed E-state index contributed by atoms with van der Waals surface area (Å²) in [5.74, 6) is -0.0825. The number of carbonyl (C=O) groups excluding carboxylic acids is 1. The van der Waals surface area contributed by atoms with Crippen molar-refractivity contribution in [3.05, 3.63) is 35.5 Å². The molecule has 0 unspecified atom stereocenters. The summed E-state index contributed by atoms with van der Waals surface area (Å²) in [6, 6.07) is 5.43. The summed E-state index contributed by atoms with van der Waals surface area (Å²) in [5, 5.41) is 6.20. The Morgan fingerprint density at radius 2 is 2.05 bits per heavy atom. The van der Waals surface area contributed by atoms with E-state index in [1.807, 2.05) is 19.1 Å². The largest absolute Gasteiger partial charge is 0.397 e. The van der Waals surface area contributed by atoms with Gasteiger partial charge in [0.1, 0.15) is 0 Å². The third-order valence-corrected chi connectivity index (χ3v) is 3.74. The number of nitrogen functional groups attached to an aromatic ring is 1. The van der Waals surface area contributed by atoms with Crippen LogP contribution < -0.4 is 16.4 Å². The molecule has 1 aliphatic carbocycles. The number of anilines is 2. The zero-order valence-electron chi connectivity index (χ0n) is 12.7. The number of nitrogens with two attached hydrogens (primary N) is 1. The van der Waals surface area contributed by atoms with Crippen LogP contribution in [0.4, 0.5) is 11.4 Å². The van der Waals surface area contributed by atoms with Crippen LogP contribution in [0.5, 0.6) is 0 Å². The smallest absolute Gasteiger partial charge is 0.251 e. The van der Waals surface area contributed by atoms with Gasteiger partial charge in [0.2, 0.25) is 0 Å². The molecule has 0 radical (unpaired) electrons. The Morgan fingerprint density at radius 1 is 1.24 bits per heavy atom. The third-order valence-electron chi connectivity index (χ3n) is 3.74. The molecule has 4 heteroatoms. The van der Waals surface area contributed by atoms with Crippen molar-refractivity contribution < 1.29 is 4.79 Å². The van der Waals surface area contributed by atoms with Crippen molar-refractivity contribution in [3.63, 3.8) is 0 Å². The molecule has 0 aromatic heterocycles. The van der Waals surface area contributed by atoms with Crippen LogP contribution in [-0.4, -0.2) is 12.5 Å². The number of rotatable bonds is 4. The standard InChI is InChI=1S/C17H25N3O/c1-2-19-17(21)13-10-11-16(15(18)12-13)20-14-8-6-4-3-5-7-9-14/h8,10-12,20H,2-7,9,18H2,1H3,(H,19,21)/b14-8+. The van der Waals surface area contributed by atoms with E-state index in [2.05, 4.69) is 16.7 Å². The summed E-state index contributed by atoms with van der Waals surface area (Å²) in [7, 11) is 0. The Hall–Kier alpha value is -1.97. The molecule has 0 spiro atoms. The second-order valence-corrected chi connectivity index (χ2v) is 5.47. The van der Waals surface area contributed by atoms with Gasteiger partial charge in [-0.15, -0.1) is 0 Å². The molecule has 21 heavy (non-hydrogen) atoms. The van der Waals surface area contributed by atoms with Gasteiger partial charge in [-0.25, -0.2) is 0 Å². The van der Waals surface area contributed by atoms with Gasteiger partial charge in [0.15, 0.2) is 0 Å². The lowest BCUT2D eigenvalue weighted by Crippen LogP contribution is -2.22. The molecule has 114 valence electrons. The highest BCUT2D eigenvalue weighted by molar-refractivity contribution is 5.96. The zero-order valence-corrected chi connectivity index (χ0v) is 12.7. The highest BCUT2D eigenvalue weighted by Gasteiger charge is 2.09. The van der Waals surface area contributed by atoms with Crippen LogP contribution in [0.3, 0.4) is 0 Å². The Balaban J connectivity index is 2.08. The molecule has 0 heterocycles. The van der Waals surface area contributed by atoms with E-state index in [-0.39, 0.29) is 5.91 Å². The first-order valence-electron chi connectivity index (χ1n) is 7.84. The second-order valence-electron chi connectivity index (χ2n) is 5.47. The van der Waals surface area contributed by atoms with Crippen LogP contribution in [0.25, 0.3) is 0 Å². The van der Waals surface area contributed by atoms with Gasteiger partial charge in [-0.2, -0.15) is 0 Å². The average Bonchev–Trinajstić information content (AvgIpc) is 2.43. The van der Waals surface area contributed by atoms with Crippen molar-refractivity contribution in [2.75, 3.05) is 17.6 Å². The molecule has 1 aromatic carbocycles. The van der Waals surface area contributed by atoms with Gasteiger partial charge in [0.25, 0.3) is 5.91 Å². The van der Waals surface area contributed by atoms with E-state index in [0.29, 0.717) is 17.8 Å². The summed E-state index contributed by atoms with van der Waals surface area (Å²) in [6.45, 7) is 2.52. The average molecular weight is 287 g/mol. The second kappa shape index (κ2) is 7.72. The highest BCUT2D eigenvalue weighted by atomic mass is 16.1. The summed E-state index contributed by atoms with van der Waals surface area (Å²) < 4.78 is 0. The van der Waals surface area contributed by atoms with Crippen LogP contribution in [0.15, 0.2) is 30.0 Å². The molecule has 0 aliphatic heterocycles. The van der Waals surface area contributed by atoms with E-state index in [1.54, 1.807) is 6.07 Å². The molecule has 2 rings (SSSR count). The van der Waals surface area contributed by atoms with Crippen LogP contribution in [0.2, 0.25) is 0 Å². The maximum Gasteiger partial charge on any atom is 0.251 e. The molecule has 1 aliphatic rings. The van der Waals surface area contributed by atoms with Crippen molar-refractivity contribution in [2.45, 2.75) is 45.4 Å². The monoisotopic (exact) mass is 287 g/mol. The minimum atomic E-state index is -0.0825. The van der Waals surface area contributed by atoms with Crippen LogP contribution in [0.1, 0.15) is 55.8 Å². The molecular formula is C17H25N3O. The number of allylic oxidation sites excluding steroid dienone is 2. The zero-order chi connectivity index (χ0) is 15.1. The van der Waals surface area contributed by atoms with Crippen LogP contribution in [-0.2, 0) is 0 Å². The minimum absolute atomic E-state index is 0.0825. The minimum Gasteiger partial charge on any atom is -0.397 e. The number of benzene rings is 1. The van der Waals surface area contributed by atoms with Gasteiger partial charge in [-0.05, 0) is 50.8 Å². The molecule has 4 N–H and O–H groups in total. The Labute approximate surface area is 126 Å². The lowest BCUT2D eigenvalue weighted by Gasteiger charge is -2.16.